The van der Waals surface area contributed by atoms with Crippen LogP contribution >= 0.6 is 21.8 Å². The summed E-state index contributed by atoms with van der Waals surface area (Å²) < 4.78 is 2.42. The predicted octanol–water partition coefficient (Wildman–Crippen LogP) is 0.760. The number of rotatable bonds is 2. The molecule has 0 heterocycles. The maximum atomic E-state index is 2.49. The van der Waals surface area contributed by atoms with Gasteiger partial charge in [-0.25, -0.2) is 0 Å². The van der Waals surface area contributed by atoms with Crippen LogP contribution in [-0.2, 0) is 0 Å². The fraction of sp³-hybridized carbons (Fsp3) is 1.00. The molecule has 0 radical (unpaired) electrons. The Morgan fingerprint density at radius 3 is 2.00 bits per heavy atom. The average molecular weight is 229 g/mol. The van der Waals surface area contributed by atoms with Crippen molar-refractivity contribution in [1.29, 1.82) is 0 Å². The molecular formula is C4H12INSi. The SMILES string of the molecule is CC(C)N(C)[SiH2]I. The summed E-state index contributed by atoms with van der Waals surface area (Å²) in [4.78, 5) is 0. The van der Waals surface area contributed by atoms with Gasteiger partial charge in [-0.3, -0.25) is 0 Å². The smallest absolute Gasteiger partial charge is 0.166 e. The van der Waals surface area contributed by atoms with Crippen LogP contribution in [0.1, 0.15) is 13.8 Å². The highest BCUT2D eigenvalue weighted by Gasteiger charge is 1.97. The maximum absolute atomic E-state index is 2.49. The van der Waals surface area contributed by atoms with Crippen LogP contribution in [0, 0.1) is 0 Å². The van der Waals surface area contributed by atoms with Crippen molar-refractivity contribution in [3.63, 3.8) is 0 Å². The molecule has 0 aromatic heterocycles. The van der Waals surface area contributed by atoms with Gasteiger partial charge >= 0.3 is 0 Å². The summed E-state index contributed by atoms with van der Waals surface area (Å²) in [5.74, 6) is 0. The molecule has 0 aromatic rings. The van der Waals surface area contributed by atoms with Crippen molar-refractivity contribution in [2.24, 2.45) is 0 Å². The first kappa shape index (κ1) is 7.91. The zero-order valence-electron chi connectivity index (χ0n) is 5.11. The molecule has 0 amide bonds. The third-order valence-electron chi connectivity index (χ3n) is 1.07. The van der Waals surface area contributed by atoms with Crippen molar-refractivity contribution in [2.45, 2.75) is 19.9 Å². The van der Waals surface area contributed by atoms with Gasteiger partial charge in [-0.2, -0.15) is 0 Å². The molecule has 1 nitrogen and oxygen atoms in total. The Morgan fingerprint density at radius 2 is 2.00 bits per heavy atom. The van der Waals surface area contributed by atoms with Crippen molar-refractivity contribution in [3.05, 3.63) is 0 Å². The molecule has 0 aromatic carbocycles. The zero-order valence-corrected chi connectivity index (χ0v) is 8.68. The lowest BCUT2D eigenvalue weighted by Gasteiger charge is -2.16. The largest absolute Gasteiger partial charge is 0.321 e. The minimum absolute atomic E-state index is 0.0942. The Labute approximate surface area is 60.6 Å². The Balaban J connectivity index is 3.14. The van der Waals surface area contributed by atoms with E-state index >= 15 is 0 Å². The Hall–Kier alpha value is 0.907. The number of halogens is 1. The summed E-state index contributed by atoms with van der Waals surface area (Å²) >= 11 is 2.49. The van der Waals surface area contributed by atoms with Crippen LogP contribution in [0.4, 0.5) is 0 Å². The van der Waals surface area contributed by atoms with Crippen molar-refractivity contribution in [3.8, 4) is 0 Å². The van der Waals surface area contributed by atoms with E-state index in [1.807, 2.05) is 0 Å². The highest BCUT2D eigenvalue weighted by Crippen LogP contribution is 1.92. The van der Waals surface area contributed by atoms with Gasteiger partial charge in [-0.15, -0.1) is 21.8 Å². The zero-order chi connectivity index (χ0) is 5.86. The maximum Gasteiger partial charge on any atom is 0.166 e. The van der Waals surface area contributed by atoms with E-state index in [9.17, 15) is 0 Å². The third-order valence-corrected chi connectivity index (χ3v) is 5.41. The van der Waals surface area contributed by atoms with Crippen molar-refractivity contribution in [2.75, 3.05) is 7.05 Å². The molecule has 7 heavy (non-hydrogen) atoms. The van der Waals surface area contributed by atoms with E-state index in [0.29, 0.717) is 0 Å². The van der Waals surface area contributed by atoms with Crippen molar-refractivity contribution in [1.82, 2.24) is 4.57 Å². The molecule has 44 valence electrons. The molecule has 3 heteroatoms. The van der Waals surface area contributed by atoms with E-state index in [1.165, 1.54) is 0 Å². The topological polar surface area (TPSA) is 3.24 Å². The molecule has 0 aliphatic rings. The van der Waals surface area contributed by atoms with E-state index in [4.69, 9.17) is 0 Å². The molecule has 0 saturated heterocycles. The minimum Gasteiger partial charge on any atom is -0.321 e. The van der Waals surface area contributed by atoms with Gasteiger partial charge in [0.1, 0.15) is 0 Å². The second-order valence-electron chi connectivity index (χ2n) is 1.97. The van der Waals surface area contributed by atoms with Gasteiger partial charge in [-0.1, -0.05) is 13.8 Å². The average Bonchev–Trinajstić information content (AvgIpc) is 1.65. The van der Waals surface area contributed by atoms with Crippen molar-refractivity contribution < 1.29 is 0 Å². The first-order valence-corrected chi connectivity index (χ1v) is 8.19. The summed E-state index contributed by atoms with van der Waals surface area (Å²) in [5, 5.41) is 0. The number of nitrogens with zero attached hydrogens (tertiary/aromatic N) is 1. The monoisotopic (exact) mass is 229 g/mol. The lowest BCUT2D eigenvalue weighted by molar-refractivity contribution is 0.450. The number of hydrogen-bond acceptors (Lipinski definition) is 1. The van der Waals surface area contributed by atoms with E-state index in [1.54, 1.807) is 0 Å². The fourth-order valence-electron chi connectivity index (χ4n) is 0.138. The molecular weight excluding hydrogens is 217 g/mol. The number of hydrogen-bond donors (Lipinski definition) is 0. The molecule has 0 rings (SSSR count). The molecule has 0 saturated carbocycles. The van der Waals surface area contributed by atoms with Crippen LogP contribution < -0.4 is 0 Å². The van der Waals surface area contributed by atoms with Crippen molar-refractivity contribution >= 4 is 29.0 Å². The second-order valence-corrected chi connectivity index (χ2v) is 5.25. The minimum atomic E-state index is 0.0942. The van der Waals surface area contributed by atoms with E-state index in [2.05, 4.69) is 47.3 Å². The van der Waals surface area contributed by atoms with Crippen LogP contribution in [0.5, 0.6) is 0 Å². The Morgan fingerprint density at radius 1 is 1.57 bits per heavy atom. The Bertz CT molecular complexity index is 49.0. The lowest BCUT2D eigenvalue weighted by atomic mass is 10.4. The molecule has 0 aliphatic carbocycles. The molecule has 0 aliphatic heterocycles. The summed E-state index contributed by atoms with van der Waals surface area (Å²) in [6.45, 7) is 4.46. The first-order chi connectivity index (χ1) is 3.18. The van der Waals surface area contributed by atoms with Crippen LogP contribution in [0.2, 0.25) is 0 Å². The summed E-state index contributed by atoms with van der Waals surface area (Å²) in [7, 11) is 2.28. The fourth-order valence-corrected chi connectivity index (χ4v) is 2.78. The van der Waals surface area contributed by atoms with Crippen LogP contribution in [0.15, 0.2) is 0 Å². The summed E-state index contributed by atoms with van der Waals surface area (Å²) in [5.41, 5.74) is 0. The Kier molecular flexibility index (Phi) is 4.35. The third kappa shape index (κ3) is 3.49. The van der Waals surface area contributed by atoms with Gasteiger partial charge in [0.2, 0.25) is 0 Å². The molecule has 0 unspecified atom stereocenters. The van der Waals surface area contributed by atoms with Crippen LogP contribution in [-0.4, -0.2) is 24.8 Å². The summed E-state index contributed by atoms with van der Waals surface area (Å²) in [6, 6.07) is 0.753. The van der Waals surface area contributed by atoms with Gasteiger partial charge in [0.25, 0.3) is 0 Å². The first-order valence-electron chi connectivity index (χ1n) is 2.44. The summed E-state index contributed by atoms with van der Waals surface area (Å²) in [6.07, 6.45) is 0. The van der Waals surface area contributed by atoms with Gasteiger partial charge in [0, 0.05) is 0 Å². The normalized spacial score (nSPS) is 12.9. The lowest BCUT2D eigenvalue weighted by Crippen LogP contribution is -2.26. The van der Waals surface area contributed by atoms with Crippen LogP contribution in [0.3, 0.4) is 0 Å². The van der Waals surface area contributed by atoms with Crippen LogP contribution in [0.25, 0.3) is 0 Å². The highest BCUT2D eigenvalue weighted by atomic mass is 127. The molecule has 0 fully saturated rings. The quantitative estimate of drug-likeness (QED) is 0.384. The molecule has 0 atom stereocenters. The molecule has 0 N–H and O–H groups in total. The van der Waals surface area contributed by atoms with Gasteiger partial charge in [0.05, 0.1) is 0 Å². The van der Waals surface area contributed by atoms with Gasteiger partial charge < -0.3 is 4.57 Å². The second kappa shape index (κ2) is 3.85. The van der Waals surface area contributed by atoms with Gasteiger partial charge in [0.15, 0.2) is 7.18 Å². The highest BCUT2D eigenvalue weighted by molar-refractivity contribution is 14.1. The van der Waals surface area contributed by atoms with E-state index < -0.39 is 0 Å². The predicted molar refractivity (Wildman–Crippen MR) is 45.5 cm³/mol. The molecule has 0 spiro atoms. The van der Waals surface area contributed by atoms with E-state index in [-0.39, 0.29) is 7.18 Å². The van der Waals surface area contributed by atoms with E-state index in [0.717, 1.165) is 6.04 Å². The van der Waals surface area contributed by atoms with Gasteiger partial charge in [-0.05, 0) is 13.1 Å². The standard InChI is InChI=1S/C4H12INSi/c1-4(2)6(3)7-5/h4H,7H2,1-3H3. The molecule has 0 bridgehead atoms.